The molecule has 0 unspecified atom stereocenters. The van der Waals surface area contributed by atoms with Crippen molar-refractivity contribution >= 4 is 13.7 Å². The smallest absolute Gasteiger partial charge is 0.199 e. The molecule has 1 aromatic rings. The second kappa shape index (κ2) is 6.84. The highest BCUT2D eigenvalue weighted by Gasteiger charge is 1.98. The van der Waals surface area contributed by atoms with E-state index in [0.29, 0.717) is 5.30 Å². The molecule has 0 fully saturated rings. The van der Waals surface area contributed by atoms with Gasteiger partial charge in [-0.15, -0.1) is 0 Å². The van der Waals surface area contributed by atoms with Crippen LogP contribution in [-0.2, 0) is 0 Å². The van der Waals surface area contributed by atoms with Gasteiger partial charge in [-0.1, -0.05) is 18.2 Å². The predicted molar refractivity (Wildman–Crippen MR) is 37.4 cm³/mol. The van der Waals surface area contributed by atoms with Crippen LogP contribution in [0.1, 0.15) is 0 Å². The number of rotatable bonds is 1. The summed E-state index contributed by atoms with van der Waals surface area (Å²) in [5, 5.41) is 0.590. The van der Waals surface area contributed by atoms with Crippen LogP contribution in [0.25, 0.3) is 0 Å². The monoisotopic (exact) mass is 212 g/mol. The zero-order valence-electron chi connectivity index (χ0n) is 5.48. The van der Waals surface area contributed by atoms with Crippen LogP contribution in [0, 0.1) is 0 Å². The van der Waals surface area contributed by atoms with Gasteiger partial charge in [0.25, 0.3) is 0 Å². The lowest BCUT2D eigenvalue weighted by atomic mass is 10.4. The quantitative estimate of drug-likeness (QED) is 0.457. The van der Waals surface area contributed by atoms with E-state index in [1.165, 1.54) is 0 Å². The second-order valence-electron chi connectivity index (χ2n) is 1.62. The molecule has 2 N–H and O–H groups in total. The number of hydrogen-bond donors (Lipinski definition) is 2. The largest absolute Gasteiger partial charge is 1.00 e. The van der Waals surface area contributed by atoms with Crippen LogP contribution in [0.2, 0.25) is 0 Å². The first-order chi connectivity index (χ1) is 4.30. The zero-order chi connectivity index (χ0) is 6.69. The lowest BCUT2D eigenvalue weighted by molar-refractivity contribution is -0.00100. The molecule has 0 aliphatic rings. The van der Waals surface area contributed by atoms with Crippen LogP contribution in [0.5, 0.6) is 0 Å². The first-order valence-corrected chi connectivity index (χ1v) is 3.78. The number of halogens is 2. The van der Waals surface area contributed by atoms with E-state index in [4.69, 9.17) is 9.79 Å². The van der Waals surface area contributed by atoms with Gasteiger partial charge in [-0.2, -0.15) is 0 Å². The average Bonchev–Trinajstić information content (AvgIpc) is 1.90. The molecule has 11 heavy (non-hydrogen) atoms. The molecular formula is C6H7Cl2O2P-2. The van der Waals surface area contributed by atoms with Crippen LogP contribution < -0.4 is 30.1 Å². The summed E-state index contributed by atoms with van der Waals surface area (Å²) < 4.78 is 0. The van der Waals surface area contributed by atoms with Gasteiger partial charge < -0.3 is 34.6 Å². The van der Waals surface area contributed by atoms with Gasteiger partial charge in [-0.3, -0.25) is 0 Å². The first-order valence-electron chi connectivity index (χ1n) is 2.53. The van der Waals surface area contributed by atoms with Gasteiger partial charge in [0.15, 0.2) is 8.38 Å². The maximum atomic E-state index is 8.64. The Morgan fingerprint density at radius 1 is 0.909 bits per heavy atom. The Hall–Kier alpha value is 0.150. The summed E-state index contributed by atoms with van der Waals surface area (Å²) in [6.07, 6.45) is 0. The van der Waals surface area contributed by atoms with Crippen molar-refractivity contribution in [1.82, 2.24) is 0 Å². The summed E-state index contributed by atoms with van der Waals surface area (Å²) in [6.45, 7) is 0. The van der Waals surface area contributed by atoms with Gasteiger partial charge in [0.2, 0.25) is 0 Å². The summed E-state index contributed by atoms with van der Waals surface area (Å²) in [5.74, 6) is 0. The molecule has 0 saturated heterocycles. The van der Waals surface area contributed by atoms with Crippen molar-refractivity contribution in [2.75, 3.05) is 0 Å². The van der Waals surface area contributed by atoms with Crippen molar-refractivity contribution in [2.24, 2.45) is 0 Å². The molecule has 0 heterocycles. The predicted octanol–water partition coefficient (Wildman–Crippen LogP) is -5.38. The Bertz CT molecular complexity index is 181. The normalized spacial score (nSPS) is 8.27. The molecule has 0 radical (unpaired) electrons. The zero-order valence-corrected chi connectivity index (χ0v) is 7.89. The van der Waals surface area contributed by atoms with Crippen molar-refractivity contribution < 1.29 is 34.6 Å². The highest BCUT2D eigenvalue weighted by atomic mass is 35.5. The fourth-order valence-corrected chi connectivity index (χ4v) is 1.00. The summed E-state index contributed by atoms with van der Waals surface area (Å²) >= 11 is 0. The second-order valence-corrected chi connectivity index (χ2v) is 2.72. The molecule has 2 nitrogen and oxygen atoms in total. The van der Waals surface area contributed by atoms with E-state index < -0.39 is 8.38 Å². The fraction of sp³-hybridized carbons (Fsp3) is 0. The van der Waals surface area contributed by atoms with Crippen molar-refractivity contribution in [3.8, 4) is 0 Å². The summed E-state index contributed by atoms with van der Waals surface area (Å²) in [7, 11) is -1.90. The Morgan fingerprint density at radius 2 is 1.36 bits per heavy atom. The summed E-state index contributed by atoms with van der Waals surface area (Å²) in [5.41, 5.74) is 0. The van der Waals surface area contributed by atoms with Crippen molar-refractivity contribution in [3.63, 3.8) is 0 Å². The van der Waals surface area contributed by atoms with Crippen LogP contribution in [0.4, 0.5) is 0 Å². The van der Waals surface area contributed by atoms with Gasteiger partial charge in [0.1, 0.15) is 0 Å². The molecule has 0 aromatic heterocycles. The molecule has 0 atom stereocenters. The van der Waals surface area contributed by atoms with E-state index in [-0.39, 0.29) is 24.8 Å². The van der Waals surface area contributed by atoms with E-state index in [9.17, 15) is 0 Å². The third-order valence-corrected chi connectivity index (χ3v) is 1.75. The lowest BCUT2D eigenvalue weighted by Crippen LogP contribution is -3.00. The SMILES string of the molecule is OP(O)c1ccccc1.[Cl-].[Cl-]. The van der Waals surface area contributed by atoms with Gasteiger partial charge in [-0.05, 0) is 12.1 Å². The molecule has 0 saturated carbocycles. The molecule has 5 heteroatoms. The van der Waals surface area contributed by atoms with Crippen molar-refractivity contribution in [1.29, 1.82) is 0 Å². The first kappa shape index (κ1) is 13.7. The molecule has 0 bridgehead atoms. The highest BCUT2D eigenvalue weighted by molar-refractivity contribution is 7.53. The van der Waals surface area contributed by atoms with E-state index in [2.05, 4.69) is 0 Å². The van der Waals surface area contributed by atoms with Crippen LogP contribution >= 0.6 is 8.38 Å². The van der Waals surface area contributed by atoms with Crippen LogP contribution in [0.15, 0.2) is 30.3 Å². The molecule has 0 amide bonds. The molecule has 0 aliphatic carbocycles. The number of benzene rings is 1. The van der Waals surface area contributed by atoms with Crippen LogP contribution in [0.3, 0.4) is 0 Å². The van der Waals surface area contributed by atoms with Crippen LogP contribution in [-0.4, -0.2) is 9.79 Å². The number of hydrogen-bond acceptors (Lipinski definition) is 2. The average molecular weight is 213 g/mol. The van der Waals surface area contributed by atoms with Gasteiger partial charge in [-0.25, -0.2) is 0 Å². The van der Waals surface area contributed by atoms with Crippen molar-refractivity contribution in [3.05, 3.63) is 30.3 Å². The van der Waals surface area contributed by atoms with E-state index >= 15 is 0 Å². The minimum Gasteiger partial charge on any atom is -1.00 e. The van der Waals surface area contributed by atoms with Gasteiger partial charge in [0, 0.05) is 5.30 Å². The van der Waals surface area contributed by atoms with E-state index in [1.54, 1.807) is 24.3 Å². The standard InChI is InChI=1S/C6H7O2P.2ClH/c7-9(8)6-4-2-1-3-5-6;;/h1-5,7-8H;2*1H/p-2. The highest BCUT2D eigenvalue weighted by Crippen LogP contribution is 2.20. The molecule has 1 aromatic carbocycles. The van der Waals surface area contributed by atoms with Gasteiger partial charge >= 0.3 is 0 Å². The molecule has 64 valence electrons. The van der Waals surface area contributed by atoms with Gasteiger partial charge in [0.05, 0.1) is 0 Å². The maximum Gasteiger partial charge on any atom is 0.199 e. The Morgan fingerprint density at radius 3 is 1.64 bits per heavy atom. The lowest BCUT2D eigenvalue weighted by Gasteiger charge is -1.98. The topological polar surface area (TPSA) is 40.5 Å². The molecule has 0 spiro atoms. The Kier molecular flexibility index (Phi) is 8.53. The Labute approximate surface area is 79.0 Å². The van der Waals surface area contributed by atoms with E-state index in [1.807, 2.05) is 6.07 Å². The third-order valence-electron chi connectivity index (χ3n) is 0.987. The summed E-state index contributed by atoms with van der Waals surface area (Å²) in [6, 6.07) is 8.76. The molecule has 1 rings (SSSR count). The maximum absolute atomic E-state index is 8.64. The van der Waals surface area contributed by atoms with Crippen molar-refractivity contribution in [2.45, 2.75) is 0 Å². The van der Waals surface area contributed by atoms with E-state index in [0.717, 1.165) is 0 Å². The minimum absolute atomic E-state index is 0. The molecule has 0 aliphatic heterocycles. The third kappa shape index (κ3) is 4.57. The molecular weight excluding hydrogens is 206 g/mol. The Balaban J connectivity index is 0. The summed E-state index contributed by atoms with van der Waals surface area (Å²) in [4.78, 5) is 17.3. The minimum atomic E-state index is -1.90. The fourth-order valence-electron chi connectivity index (χ4n) is 0.561.